The molecule has 110 valence electrons. The number of ether oxygens (including phenoxy) is 1. The molecule has 1 aliphatic rings. The Morgan fingerprint density at radius 2 is 2.25 bits per heavy atom. The van der Waals surface area contributed by atoms with E-state index in [-0.39, 0.29) is 5.91 Å². The van der Waals surface area contributed by atoms with Crippen molar-refractivity contribution in [2.45, 2.75) is 19.3 Å². The monoisotopic (exact) mass is 312 g/mol. The normalized spacial score (nSPS) is 17.6. The molecule has 1 saturated heterocycles. The molecule has 0 spiro atoms. The van der Waals surface area contributed by atoms with E-state index in [0.717, 1.165) is 6.42 Å². The third-order valence-corrected chi connectivity index (χ3v) is 5.17. The van der Waals surface area contributed by atoms with Gasteiger partial charge < -0.3 is 15.4 Å². The molecule has 1 aliphatic heterocycles. The van der Waals surface area contributed by atoms with Crippen LogP contribution in [0.2, 0.25) is 0 Å². The van der Waals surface area contributed by atoms with Crippen molar-refractivity contribution < 1.29 is 9.53 Å². The zero-order chi connectivity index (χ0) is 14.6. The standard InChI is InChI=1S/C14H20N2O2S2/c1-16(7-4-11-3-2-10-20-11)13(17)14(12(15)19)5-8-18-9-6-14/h2-3,10H,4-9H2,1H3,(H2,15,19). The topological polar surface area (TPSA) is 55.6 Å². The van der Waals surface area contributed by atoms with Crippen LogP contribution >= 0.6 is 23.6 Å². The average Bonchev–Trinajstić information content (AvgIpc) is 2.97. The Bertz CT molecular complexity index is 468. The Morgan fingerprint density at radius 3 is 2.80 bits per heavy atom. The molecule has 2 heterocycles. The van der Waals surface area contributed by atoms with Crippen LogP contribution in [-0.4, -0.2) is 42.6 Å². The maximum absolute atomic E-state index is 12.7. The number of thiocarbonyl (C=S) groups is 1. The summed E-state index contributed by atoms with van der Waals surface area (Å²) in [5.41, 5.74) is 5.15. The molecular formula is C14H20N2O2S2. The fraction of sp³-hybridized carbons (Fsp3) is 0.571. The first kappa shape index (κ1) is 15.4. The molecule has 1 fully saturated rings. The largest absolute Gasteiger partial charge is 0.392 e. The summed E-state index contributed by atoms with van der Waals surface area (Å²) in [5, 5.41) is 2.05. The molecule has 0 bridgehead atoms. The van der Waals surface area contributed by atoms with Crippen molar-refractivity contribution >= 4 is 34.5 Å². The highest BCUT2D eigenvalue weighted by molar-refractivity contribution is 7.80. The van der Waals surface area contributed by atoms with Gasteiger partial charge in [-0.15, -0.1) is 11.3 Å². The number of hydrogen-bond acceptors (Lipinski definition) is 4. The first-order chi connectivity index (χ1) is 9.56. The smallest absolute Gasteiger partial charge is 0.235 e. The van der Waals surface area contributed by atoms with Gasteiger partial charge in [-0.25, -0.2) is 0 Å². The van der Waals surface area contributed by atoms with E-state index in [1.54, 1.807) is 16.2 Å². The molecule has 4 nitrogen and oxygen atoms in total. The molecule has 1 amide bonds. The molecule has 2 N–H and O–H groups in total. The lowest BCUT2D eigenvalue weighted by molar-refractivity contribution is -0.141. The number of hydrogen-bond donors (Lipinski definition) is 1. The molecule has 0 saturated carbocycles. The molecule has 1 aromatic rings. The van der Waals surface area contributed by atoms with Crippen molar-refractivity contribution in [2.24, 2.45) is 11.1 Å². The number of carbonyl (C=O) groups excluding carboxylic acids is 1. The second kappa shape index (κ2) is 6.65. The second-order valence-electron chi connectivity index (χ2n) is 5.11. The lowest BCUT2D eigenvalue weighted by Gasteiger charge is -2.37. The quantitative estimate of drug-likeness (QED) is 0.843. The van der Waals surface area contributed by atoms with Crippen LogP contribution in [-0.2, 0) is 16.0 Å². The van der Waals surface area contributed by atoms with Gasteiger partial charge in [0.25, 0.3) is 0 Å². The van der Waals surface area contributed by atoms with Crippen LogP contribution in [0, 0.1) is 5.41 Å². The van der Waals surface area contributed by atoms with Gasteiger partial charge in [0.2, 0.25) is 5.91 Å². The van der Waals surface area contributed by atoms with Gasteiger partial charge in [0.05, 0.1) is 4.99 Å². The van der Waals surface area contributed by atoms with Gasteiger partial charge in [-0.1, -0.05) is 18.3 Å². The average molecular weight is 312 g/mol. The van der Waals surface area contributed by atoms with E-state index in [1.807, 2.05) is 18.5 Å². The number of amides is 1. The van der Waals surface area contributed by atoms with Crippen molar-refractivity contribution in [3.63, 3.8) is 0 Å². The Labute approximate surface area is 128 Å². The van der Waals surface area contributed by atoms with Crippen molar-refractivity contribution in [1.82, 2.24) is 4.90 Å². The summed E-state index contributed by atoms with van der Waals surface area (Å²) in [6, 6.07) is 4.11. The first-order valence-corrected chi connectivity index (χ1v) is 8.01. The highest BCUT2D eigenvalue weighted by Crippen LogP contribution is 2.33. The molecule has 0 aliphatic carbocycles. The van der Waals surface area contributed by atoms with Crippen LogP contribution in [0.3, 0.4) is 0 Å². The summed E-state index contributed by atoms with van der Waals surface area (Å²) in [5.74, 6) is 0.0323. The third-order valence-electron chi connectivity index (χ3n) is 3.85. The summed E-state index contributed by atoms with van der Waals surface area (Å²) < 4.78 is 5.34. The molecule has 0 atom stereocenters. The Kier molecular flexibility index (Phi) is 5.12. The fourth-order valence-corrected chi connectivity index (χ4v) is 3.47. The Balaban J connectivity index is 2.01. The maximum Gasteiger partial charge on any atom is 0.235 e. The van der Waals surface area contributed by atoms with Crippen LogP contribution in [0.5, 0.6) is 0 Å². The highest BCUT2D eigenvalue weighted by atomic mass is 32.1. The summed E-state index contributed by atoms with van der Waals surface area (Å²) in [7, 11) is 1.82. The molecule has 6 heteroatoms. The van der Waals surface area contributed by atoms with Gasteiger partial charge in [0.1, 0.15) is 5.41 Å². The molecule has 2 rings (SSSR count). The van der Waals surface area contributed by atoms with Crippen molar-refractivity contribution in [3.05, 3.63) is 22.4 Å². The minimum atomic E-state index is -0.711. The summed E-state index contributed by atoms with van der Waals surface area (Å²) in [4.78, 5) is 16.1. The maximum atomic E-state index is 12.7. The van der Waals surface area contributed by atoms with Gasteiger partial charge in [-0.3, -0.25) is 4.79 Å². The number of nitrogens with two attached hydrogens (primary N) is 1. The number of rotatable bonds is 5. The molecule has 1 aromatic heterocycles. The van der Waals surface area contributed by atoms with E-state index in [9.17, 15) is 4.79 Å². The van der Waals surface area contributed by atoms with Gasteiger partial charge >= 0.3 is 0 Å². The summed E-state index contributed by atoms with van der Waals surface area (Å²) >= 11 is 6.87. The second-order valence-corrected chi connectivity index (χ2v) is 6.59. The molecule has 0 aromatic carbocycles. The number of likely N-dealkylation sites (N-methyl/N-ethyl adjacent to an activating group) is 1. The summed E-state index contributed by atoms with van der Waals surface area (Å²) in [6.45, 7) is 1.77. The van der Waals surface area contributed by atoms with Crippen LogP contribution in [0.4, 0.5) is 0 Å². The van der Waals surface area contributed by atoms with Crippen LogP contribution < -0.4 is 5.73 Å². The molecule has 0 unspecified atom stereocenters. The van der Waals surface area contributed by atoms with E-state index in [2.05, 4.69) is 6.07 Å². The zero-order valence-corrected chi connectivity index (χ0v) is 13.3. The molecule has 20 heavy (non-hydrogen) atoms. The Hall–Kier alpha value is -0.980. The molecular weight excluding hydrogens is 292 g/mol. The van der Waals surface area contributed by atoms with E-state index in [0.29, 0.717) is 37.6 Å². The SMILES string of the molecule is CN(CCc1cccs1)C(=O)C1(C(N)=S)CCOCC1. The highest BCUT2D eigenvalue weighted by Gasteiger charge is 2.44. The van der Waals surface area contributed by atoms with Crippen molar-refractivity contribution in [3.8, 4) is 0 Å². The van der Waals surface area contributed by atoms with E-state index in [4.69, 9.17) is 22.7 Å². The predicted octanol–water partition coefficient (Wildman–Crippen LogP) is 1.83. The first-order valence-electron chi connectivity index (χ1n) is 6.72. The Morgan fingerprint density at radius 1 is 1.55 bits per heavy atom. The van der Waals surface area contributed by atoms with Gasteiger partial charge in [0, 0.05) is 31.7 Å². The minimum absolute atomic E-state index is 0.0323. The number of carbonyl (C=O) groups is 1. The van der Waals surface area contributed by atoms with E-state index < -0.39 is 5.41 Å². The predicted molar refractivity (Wildman–Crippen MR) is 84.9 cm³/mol. The summed E-state index contributed by atoms with van der Waals surface area (Å²) in [6.07, 6.45) is 2.04. The van der Waals surface area contributed by atoms with E-state index >= 15 is 0 Å². The zero-order valence-electron chi connectivity index (χ0n) is 11.6. The van der Waals surface area contributed by atoms with Crippen LogP contribution in [0.25, 0.3) is 0 Å². The lowest BCUT2D eigenvalue weighted by Crippen LogP contribution is -2.52. The number of thiophene rings is 1. The van der Waals surface area contributed by atoms with Crippen molar-refractivity contribution in [2.75, 3.05) is 26.8 Å². The van der Waals surface area contributed by atoms with Gasteiger partial charge in [-0.05, 0) is 30.7 Å². The van der Waals surface area contributed by atoms with Gasteiger partial charge in [0.15, 0.2) is 0 Å². The van der Waals surface area contributed by atoms with Gasteiger partial charge in [-0.2, -0.15) is 0 Å². The van der Waals surface area contributed by atoms with Crippen LogP contribution in [0.15, 0.2) is 17.5 Å². The van der Waals surface area contributed by atoms with E-state index in [1.165, 1.54) is 4.88 Å². The number of nitrogens with zero attached hydrogens (tertiary/aromatic N) is 1. The lowest BCUT2D eigenvalue weighted by atomic mass is 9.78. The van der Waals surface area contributed by atoms with Crippen molar-refractivity contribution in [1.29, 1.82) is 0 Å². The minimum Gasteiger partial charge on any atom is -0.392 e. The fourth-order valence-electron chi connectivity index (χ4n) is 2.49. The van der Waals surface area contributed by atoms with Crippen LogP contribution in [0.1, 0.15) is 17.7 Å². The third kappa shape index (κ3) is 3.19. The molecule has 0 radical (unpaired) electrons.